The first kappa shape index (κ1) is 35.1. The van der Waals surface area contributed by atoms with Crippen LogP contribution in [0.25, 0.3) is 100 Å². The second-order valence-electron chi connectivity index (χ2n) is 16.9. The summed E-state index contributed by atoms with van der Waals surface area (Å²) in [5, 5.41) is 4.45. The molecule has 0 N–H and O–H groups in total. The van der Waals surface area contributed by atoms with E-state index in [1.165, 1.54) is 22.3 Å². The van der Waals surface area contributed by atoms with Gasteiger partial charge in [0.05, 0.1) is 5.41 Å². The number of rotatable bonds is 4. The third-order valence-electron chi connectivity index (χ3n) is 13.3. The molecule has 12 aromatic rings. The number of para-hydroxylation sites is 2. The summed E-state index contributed by atoms with van der Waals surface area (Å²) in [6.45, 7) is 0. The zero-order valence-electron chi connectivity index (χ0n) is 34.2. The molecule has 2 aliphatic rings. The smallest absolute Gasteiger partial charge is 0.227 e. The van der Waals surface area contributed by atoms with Crippen LogP contribution >= 0.6 is 0 Å². The molecule has 14 rings (SSSR count). The van der Waals surface area contributed by atoms with Crippen LogP contribution in [0.5, 0.6) is 11.5 Å². The minimum absolute atomic E-state index is 0.529. The number of hydrogen-bond donors (Lipinski definition) is 0. The Balaban J connectivity index is 0.904. The van der Waals surface area contributed by atoms with Crippen molar-refractivity contribution in [3.8, 4) is 67.8 Å². The van der Waals surface area contributed by atoms with E-state index < -0.39 is 5.41 Å². The molecule has 0 atom stereocenters. The average Bonchev–Trinajstić information content (AvgIpc) is 4.05. The summed E-state index contributed by atoms with van der Waals surface area (Å²) in [6, 6.07) is 72.9. The van der Waals surface area contributed by atoms with Crippen molar-refractivity contribution in [3.63, 3.8) is 0 Å². The summed E-state index contributed by atoms with van der Waals surface area (Å²) < 4.78 is 19.6. The van der Waals surface area contributed by atoms with Gasteiger partial charge >= 0.3 is 0 Å². The molecule has 0 saturated carbocycles. The summed E-state index contributed by atoms with van der Waals surface area (Å²) in [6.07, 6.45) is 0. The standard InChI is InChI=1S/C59H34N2O3/c1-3-13-39-33-55-51(31-37(39)11-1)60-57(63-55)43-27-42(28-44(29-43)58-61-52-32-38-12-2-4-14-40(38)34-56(52)64-58)36-23-21-35(22-24-36)41-25-26-46-45-15-5-6-16-47(45)59(50(46)30-41)48-17-7-9-19-53(48)62-54-20-10-8-18-49(54)59/h1-34H. The van der Waals surface area contributed by atoms with Crippen LogP contribution in [0, 0.1) is 0 Å². The Morgan fingerprint density at radius 1 is 0.312 bits per heavy atom. The van der Waals surface area contributed by atoms with Crippen LogP contribution in [0.4, 0.5) is 0 Å². The third kappa shape index (κ3) is 5.12. The number of aromatic nitrogens is 2. The Bertz CT molecular complexity index is 3610. The number of nitrogens with zero attached hydrogens (tertiary/aromatic N) is 2. The van der Waals surface area contributed by atoms with Gasteiger partial charge in [0.1, 0.15) is 22.5 Å². The van der Waals surface area contributed by atoms with Gasteiger partial charge in [-0.1, -0.05) is 146 Å². The first-order valence-corrected chi connectivity index (χ1v) is 21.6. The summed E-state index contributed by atoms with van der Waals surface area (Å²) in [5.41, 5.74) is 15.9. The fraction of sp³-hybridized carbons (Fsp3) is 0.0169. The third-order valence-corrected chi connectivity index (χ3v) is 13.3. The molecule has 0 bridgehead atoms. The van der Waals surface area contributed by atoms with Crippen molar-refractivity contribution < 1.29 is 13.6 Å². The van der Waals surface area contributed by atoms with E-state index in [-0.39, 0.29) is 0 Å². The Morgan fingerprint density at radius 3 is 1.33 bits per heavy atom. The molecule has 64 heavy (non-hydrogen) atoms. The Labute approximate surface area is 367 Å². The summed E-state index contributed by atoms with van der Waals surface area (Å²) >= 11 is 0. The lowest BCUT2D eigenvalue weighted by atomic mass is 9.66. The number of oxazole rings is 2. The Hall–Kier alpha value is -8.54. The van der Waals surface area contributed by atoms with E-state index in [1.807, 2.05) is 24.3 Å². The van der Waals surface area contributed by atoms with Crippen molar-refractivity contribution in [2.45, 2.75) is 5.41 Å². The van der Waals surface area contributed by atoms with Gasteiger partial charge in [-0.05, 0) is 127 Å². The quantitative estimate of drug-likeness (QED) is 0.177. The molecule has 0 unspecified atom stereocenters. The molecule has 1 aliphatic carbocycles. The first-order valence-electron chi connectivity index (χ1n) is 21.6. The molecule has 0 saturated heterocycles. The van der Waals surface area contributed by atoms with Crippen LogP contribution in [-0.2, 0) is 5.41 Å². The summed E-state index contributed by atoms with van der Waals surface area (Å²) in [4.78, 5) is 10.0. The lowest BCUT2D eigenvalue weighted by molar-refractivity contribution is 0.436. The van der Waals surface area contributed by atoms with Gasteiger partial charge in [0.2, 0.25) is 11.8 Å². The Kier molecular flexibility index (Phi) is 7.26. The SMILES string of the molecule is c1ccc2c(c1)Oc1ccccc1C21c2ccccc2-c2ccc(-c3ccc(-c4cc(-c5nc6cc7ccccc7cc6o5)cc(-c5nc6cc7ccccc7cc6o5)c4)cc3)cc21. The van der Waals surface area contributed by atoms with Gasteiger partial charge in [0, 0.05) is 22.3 Å². The van der Waals surface area contributed by atoms with Crippen molar-refractivity contribution >= 4 is 43.7 Å². The van der Waals surface area contributed by atoms with Gasteiger partial charge in [-0.15, -0.1) is 0 Å². The topological polar surface area (TPSA) is 61.3 Å². The zero-order chi connectivity index (χ0) is 41.9. The van der Waals surface area contributed by atoms with E-state index in [0.29, 0.717) is 11.8 Å². The van der Waals surface area contributed by atoms with Crippen LogP contribution < -0.4 is 4.74 Å². The molecule has 0 radical (unpaired) electrons. The summed E-state index contributed by atoms with van der Waals surface area (Å²) in [7, 11) is 0. The van der Waals surface area contributed by atoms with Gasteiger partial charge in [0.15, 0.2) is 11.2 Å². The highest BCUT2D eigenvalue weighted by atomic mass is 16.5. The van der Waals surface area contributed by atoms with Gasteiger partial charge < -0.3 is 13.6 Å². The fourth-order valence-electron chi connectivity index (χ4n) is 10.4. The molecule has 3 heterocycles. The Morgan fingerprint density at radius 2 is 0.750 bits per heavy atom. The zero-order valence-corrected chi connectivity index (χ0v) is 34.2. The van der Waals surface area contributed by atoms with E-state index in [1.54, 1.807) is 0 Å². The largest absolute Gasteiger partial charge is 0.457 e. The number of benzene rings is 10. The molecule has 5 heteroatoms. The van der Waals surface area contributed by atoms with E-state index >= 15 is 0 Å². The molecule has 10 aromatic carbocycles. The van der Waals surface area contributed by atoms with E-state index in [2.05, 4.69) is 182 Å². The molecule has 0 amide bonds. The van der Waals surface area contributed by atoms with E-state index in [0.717, 1.165) is 99.8 Å². The van der Waals surface area contributed by atoms with Crippen molar-refractivity contribution in [2.75, 3.05) is 0 Å². The van der Waals surface area contributed by atoms with Crippen molar-refractivity contribution in [1.82, 2.24) is 9.97 Å². The van der Waals surface area contributed by atoms with Crippen LogP contribution in [0.3, 0.4) is 0 Å². The maximum Gasteiger partial charge on any atom is 0.227 e. The summed E-state index contributed by atoms with van der Waals surface area (Å²) in [5.74, 6) is 2.85. The van der Waals surface area contributed by atoms with Crippen LogP contribution in [0.2, 0.25) is 0 Å². The number of hydrogen-bond acceptors (Lipinski definition) is 5. The second-order valence-corrected chi connectivity index (χ2v) is 16.9. The molecule has 298 valence electrons. The predicted molar refractivity (Wildman–Crippen MR) is 256 cm³/mol. The highest BCUT2D eigenvalue weighted by Gasteiger charge is 2.51. The highest BCUT2D eigenvalue weighted by Crippen LogP contribution is 2.62. The lowest BCUT2D eigenvalue weighted by Gasteiger charge is -2.39. The normalized spacial score (nSPS) is 13.2. The van der Waals surface area contributed by atoms with Gasteiger partial charge in [-0.3, -0.25) is 0 Å². The molecule has 1 spiro atoms. The van der Waals surface area contributed by atoms with Gasteiger partial charge in [0.25, 0.3) is 0 Å². The molecule has 1 aliphatic heterocycles. The van der Waals surface area contributed by atoms with E-state index in [4.69, 9.17) is 23.5 Å². The number of fused-ring (bicyclic) bond motifs is 13. The predicted octanol–water partition coefficient (Wildman–Crippen LogP) is 15.4. The average molecular weight is 819 g/mol. The molecule has 5 nitrogen and oxygen atoms in total. The van der Waals surface area contributed by atoms with Gasteiger partial charge in [-0.25, -0.2) is 9.97 Å². The maximum absolute atomic E-state index is 6.58. The number of ether oxygens (including phenoxy) is 1. The maximum atomic E-state index is 6.58. The molecule has 2 aromatic heterocycles. The minimum atomic E-state index is -0.529. The van der Waals surface area contributed by atoms with E-state index in [9.17, 15) is 0 Å². The molecular formula is C59H34N2O3. The fourth-order valence-corrected chi connectivity index (χ4v) is 10.4. The minimum Gasteiger partial charge on any atom is -0.457 e. The monoisotopic (exact) mass is 818 g/mol. The first-order chi connectivity index (χ1) is 31.6. The van der Waals surface area contributed by atoms with Crippen molar-refractivity contribution in [1.29, 1.82) is 0 Å². The lowest BCUT2D eigenvalue weighted by Crippen LogP contribution is -2.32. The molecular weight excluding hydrogens is 785 g/mol. The van der Waals surface area contributed by atoms with Gasteiger partial charge in [-0.2, -0.15) is 0 Å². The van der Waals surface area contributed by atoms with Crippen molar-refractivity contribution in [3.05, 3.63) is 229 Å². The van der Waals surface area contributed by atoms with Crippen LogP contribution in [0.1, 0.15) is 22.3 Å². The van der Waals surface area contributed by atoms with Crippen molar-refractivity contribution in [2.24, 2.45) is 0 Å². The second kappa shape index (κ2) is 13.2. The van der Waals surface area contributed by atoms with Crippen LogP contribution in [-0.4, -0.2) is 9.97 Å². The highest BCUT2D eigenvalue weighted by molar-refractivity contribution is 5.97. The molecule has 0 fully saturated rings. The van der Waals surface area contributed by atoms with Crippen LogP contribution in [0.15, 0.2) is 215 Å².